The second-order valence-corrected chi connectivity index (χ2v) is 5.83. The number of aromatic nitrogens is 1. The van der Waals surface area contributed by atoms with E-state index in [0.29, 0.717) is 11.4 Å². The minimum absolute atomic E-state index is 0.0445. The van der Waals surface area contributed by atoms with Crippen LogP contribution in [0.4, 0.5) is 5.82 Å². The fourth-order valence-corrected chi connectivity index (χ4v) is 2.72. The first-order valence-electron chi connectivity index (χ1n) is 7.07. The number of aryl methyl sites for hydroxylation is 1. The lowest BCUT2D eigenvalue weighted by Gasteiger charge is -2.23. The molecule has 1 heterocycles. The Kier molecular flexibility index (Phi) is 4.08. The van der Waals surface area contributed by atoms with Crippen LogP contribution in [0.25, 0.3) is 0 Å². The lowest BCUT2D eigenvalue weighted by Crippen LogP contribution is -2.34. The van der Waals surface area contributed by atoms with Crippen molar-refractivity contribution in [3.05, 3.63) is 23.4 Å². The van der Waals surface area contributed by atoms with Gasteiger partial charge >= 0.3 is 0 Å². The molecule has 0 spiro atoms. The Bertz CT molecular complexity index is 464. The largest absolute Gasteiger partial charge is 0.384 e. The molecule has 1 aliphatic rings. The number of nitrogens with one attached hydrogen (secondary N) is 1. The first-order chi connectivity index (χ1) is 9.02. The van der Waals surface area contributed by atoms with Crippen LogP contribution in [0.15, 0.2) is 12.1 Å². The Morgan fingerprint density at radius 3 is 2.74 bits per heavy atom. The summed E-state index contributed by atoms with van der Waals surface area (Å²) in [7, 11) is 0. The van der Waals surface area contributed by atoms with Gasteiger partial charge in [-0.15, -0.1) is 0 Å². The standard InChI is InChI=1S/C15H23N3O/c1-3-12-8-11(9-13(16)18-12)14(19)17-10-15(2)6-4-5-7-15/h8-9H,3-7,10H2,1-2H3,(H2,16,18)(H,17,19). The number of hydrogen-bond donors (Lipinski definition) is 2. The Hall–Kier alpha value is -1.58. The van der Waals surface area contributed by atoms with Crippen LogP contribution < -0.4 is 11.1 Å². The summed E-state index contributed by atoms with van der Waals surface area (Å²) in [4.78, 5) is 16.4. The summed E-state index contributed by atoms with van der Waals surface area (Å²) >= 11 is 0. The second-order valence-electron chi connectivity index (χ2n) is 5.83. The van der Waals surface area contributed by atoms with Crippen molar-refractivity contribution in [3.8, 4) is 0 Å². The average Bonchev–Trinajstić information content (AvgIpc) is 2.82. The zero-order chi connectivity index (χ0) is 13.9. The van der Waals surface area contributed by atoms with E-state index in [9.17, 15) is 4.79 Å². The van der Waals surface area contributed by atoms with Crippen molar-refractivity contribution in [2.24, 2.45) is 5.41 Å². The van der Waals surface area contributed by atoms with E-state index in [2.05, 4.69) is 17.2 Å². The summed E-state index contributed by atoms with van der Waals surface area (Å²) in [6.07, 6.45) is 5.73. The molecule has 4 heteroatoms. The summed E-state index contributed by atoms with van der Waals surface area (Å²) in [5.74, 6) is 0.369. The van der Waals surface area contributed by atoms with Gasteiger partial charge in [0.25, 0.3) is 5.91 Å². The maximum Gasteiger partial charge on any atom is 0.251 e. The summed E-state index contributed by atoms with van der Waals surface area (Å²) in [5.41, 5.74) is 7.47. The molecule has 1 aromatic heterocycles. The number of amides is 1. The number of anilines is 1. The molecule has 0 saturated heterocycles. The van der Waals surface area contributed by atoms with Gasteiger partial charge in [-0.1, -0.05) is 26.7 Å². The molecule has 0 aromatic carbocycles. The summed E-state index contributed by atoms with van der Waals surface area (Å²) in [6.45, 7) is 5.00. The molecule has 0 unspecified atom stereocenters. The fourth-order valence-electron chi connectivity index (χ4n) is 2.72. The Morgan fingerprint density at radius 2 is 2.11 bits per heavy atom. The second kappa shape index (κ2) is 5.59. The van der Waals surface area contributed by atoms with E-state index in [4.69, 9.17) is 5.73 Å². The van der Waals surface area contributed by atoms with E-state index < -0.39 is 0 Å². The molecular weight excluding hydrogens is 238 g/mol. The normalized spacial score (nSPS) is 17.4. The van der Waals surface area contributed by atoms with Gasteiger partial charge in [-0.25, -0.2) is 4.98 Å². The smallest absolute Gasteiger partial charge is 0.251 e. The van der Waals surface area contributed by atoms with Gasteiger partial charge < -0.3 is 11.1 Å². The molecule has 0 bridgehead atoms. The van der Waals surface area contributed by atoms with Gasteiger partial charge in [-0.3, -0.25) is 4.79 Å². The SMILES string of the molecule is CCc1cc(C(=O)NCC2(C)CCCC2)cc(N)n1. The van der Waals surface area contributed by atoms with Crippen molar-refractivity contribution in [3.63, 3.8) is 0 Å². The third kappa shape index (κ3) is 3.46. The highest BCUT2D eigenvalue weighted by Gasteiger charge is 2.28. The van der Waals surface area contributed by atoms with Gasteiger partial charge in [-0.2, -0.15) is 0 Å². The van der Waals surface area contributed by atoms with Crippen molar-refractivity contribution in [2.75, 3.05) is 12.3 Å². The number of pyridine rings is 1. The van der Waals surface area contributed by atoms with Crippen LogP contribution >= 0.6 is 0 Å². The molecule has 1 amide bonds. The molecule has 104 valence electrons. The van der Waals surface area contributed by atoms with E-state index >= 15 is 0 Å². The average molecular weight is 261 g/mol. The number of rotatable bonds is 4. The maximum atomic E-state index is 12.2. The number of nitrogens with zero attached hydrogens (tertiary/aromatic N) is 1. The van der Waals surface area contributed by atoms with Crippen LogP contribution in [-0.2, 0) is 6.42 Å². The van der Waals surface area contributed by atoms with E-state index in [-0.39, 0.29) is 11.3 Å². The molecule has 1 fully saturated rings. The van der Waals surface area contributed by atoms with Crippen LogP contribution in [0.1, 0.15) is 55.6 Å². The zero-order valence-electron chi connectivity index (χ0n) is 11.8. The number of hydrogen-bond acceptors (Lipinski definition) is 3. The third-order valence-electron chi connectivity index (χ3n) is 4.01. The van der Waals surface area contributed by atoms with Gasteiger partial charge in [0.1, 0.15) is 5.82 Å². The van der Waals surface area contributed by atoms with Crippen LogP contribution in [-0.4, -0.2) is 17.4 Å². The van der Waals surface area contributed by atoms with E-state index in [1.807, 2.05) is 13.0 Å². The monoisotopic (exact) mass is 261 g/mol. The molecule has 0 radical (unpaired) electrons. The van der Waals surface area contributed by atoms with Crippen LogP contribution in [0.5, 0.6) is 0 Å². The summed E-state index contributed by atoms with van der Waals surface area (Å²) in [6, 6.07) is 3.47. The molecule has 0 atom stereocenters. The lowest BCUT2D eigenvalue weighted by atomic mass is 9.89. The molecule has 2 rings (SSSR count). The van der Waals surface area contributed by atoms with Gasteiger partial charge in [-0.05, 0) is 36.8 Å². The van der Waals surface area contributed by atoms with Crippen LogP contribution in [0, 0.1) is 5.41 Å². The number of nitrogen functional groups attached to an aromatic ring is 1. The van der Waals surface area contributed by atoms with Crippen molar-refractivity contribution < 1.29 is 4.79 Å². The van der Waals surface area contributed by atoms with E-state index in [1.54, 1.807) is 6.07 Å². The quantitative estimate of drug-likeness (QED) is 0.875. The topological polar surface area (TPSA) is 68.0 Å². The first kappa shape index (κ1) is 13.8. The molecule has 3 N–H and O–H groups in total. The lowest BCUT2D eigenvalue weighted by molar-refractivity contribution is 0.0934. The minimum Gasteiger partial charge on any atom is -0.384 e. The van der Waals surface area contributed by atoms with E-state index in [0.717, 1.165) is 18.7 Å². The van der Waals surface area contributed by atoms with Crippen LogP contribution in [0.2, 0.25) is 0 Å². The summed E-state index contributed by atoms with van der Waals surface area (Å²) < 4.78 is 0. The van der Waals surface area contributed by atoms with Gasteiger partial charge in [0.15, 0.2) is 0 Å². The minimum atomic E-state index is -0.0445. The fraction of sp³-hybridized carbons (Fsp3) is 0.600. The summed E-state index contributed by atoms with van der Waals surface area (Å²) in [5, 5.41) is 3.04. The van der Waals surface area contributed by atoms with Crippen molar-refractivity contribution in [2.45, 2.75) is 46.0 Å². The predicted molar refractivity (Wildman–Crippen MR) is 76.9 cm³/mol. The predicted octanol–water partition coefficient (Wildman–Crippen LogP) is 2.54. The molecule has 19 heavy (non-hydrogen) atoms. The van der Waals surface area contributed by atoms with Crippen molar-refractivity contribution in [1.29, 1.82) is 0 Å². The van der Waals surface area contributed by atoms with Gasteiger partial charge in [0, 0.05) is 17.8 Å². The van der Waals surface area contributed by atoms with E-state index in [1.165, 1.54) is 25.7 Å². The third-order valence-corrected chi connectivity index (χ3v) is 4.01. The highest BCUT2D eigenvalue weighted by molar-refractivity contribution is 5.94. The number of carbonyl (C=O) groups is 1. The van der Waals surface area contributed by atoms with Crippen molar-refractivity contribution in [1.82, 2.24) is 10.3 Å². The van der Waals surface area contributed by atoms with Gasteiger partial charge in [0.2, 0.25) is 0 Å². The van der Waals surface area contributed by atoms with Gasteiger partial charge in [0.05, 0.1) is 0 Å². The Labute approximate surface area is 114 Å². The Morgan fingerprint density at radius 1 is 1.42 bits per heavy atom. The molecule has 4 nitrogen and oxygen atoms in total. The van der Waals surface area contributed by atoms with Crippen LogP contribution in [0.3, 0.4) is 0 Å². The first-order valence-corrected chi connectivity index (χ1v) is 7.07. The zero-order valence-corrected chi connectivity index (χ0v) is 11.8. The number of nitrogens with two attached hydrogens (primary N) is 1. The van der Waals surface area contributed by atoms with Crippen molar-refractivity contribution >= 4 is 11.7 Å². The highest BCUT2D eigenvalue weighted by atomic mass is 16.1. The Balaban J connectivity index is 2.01. The molecule has 0 aliphatic heterocycles. The number of carbonyl (C=O) groups excluding carboxylic acids is 1. The molecule has 1 aliphatic carbocycles. The molecule has 1 aromatic rings. The highest BCUT2D eigenvalue weighted by Crippen LogP contribution is 2.36. The molecular formula is C15H23N3O. The molecule has 1 saturated carbocycles. The maximum absolute atomic E-state index is 12.2.